The quantitative estimate of drug-likeness (QED) is 0.0332. The first-order valence-corrected chi connectivity index (χ1v) is 36.4. The van der Waals surface area contributed by atoms with Crippen LogP contribution in [0.4, 0.5) is 5.82 Å². The fraction of sp³-hybridized carbons (Fsp3) is 0.803. The van der Waals surface area contributed by atoms with Gasteiger partial charge in [-0.25, -0.2) is 24.1 Å². The number of carbonyl (C=O) groups is 7. The standard InChI is InChI=1S/C61H106N10O22P2/c1-86-94(82,83)91-40-52-51(37-57(92-52)71-45-68-58-59(63)66-44-67-60(58)71)93-95(84,85)90-39-46-36-50(77)38-70(46)56(81)24-7-5-3-2-4-6-23-55(80)69-61(41-87-33-25-49(76)18-8-13-28-62,42-88-34-26-53(78)64-29-14-9-19-47(74)21-11-16-31-72)43-89-35-27-54(79)65-30-15-10-20-48(75)22-12-17-32-73/h44-46,50-52,57,72-73,77H,2-43,62H2,1H3,(H,64,78)(H,65,79)(H,69,80)(H,82,83)(H,84,85)(H2,63,66,67)/t46-,50+,51-,52+,57+/m0/s1. The zero-order valence-electron chi connectivity index (χ0n) is 55.2. The molecule has 2 aromatic rings. The Labute approximate surface area is 556 Å². The fourth-order valence-corrected chi connectivity index (χ4v) is 12.2. The molecule has 2 aliphatic heterocycles. The molecule has 0 spiro atoms. The van der Waals surface area contributed by atoms with E-state index in [1.54, 1.807) is 0 Å². The van der Waals surface area contributed by atoms with Crippen LogP contribution < -0.4 is 27.4 Å². The summed E-state index contributed by atoms with van der Waals surface area (Å²) in [6.45, 7) is -0.236. The minimum Gasteiger partial charge on any atom is -0.396 e. The summed E-state index contributed by atoms with van der Waals surface area (Å²) in [5.41, 5.74) is 10.8. The van der Waals surface area contributed by atoms with Crippen molar-refractivity contribution in [3.63, 3.8) is 0 Å². The van der Waals surface area contributed by atoms with E-state index in [1.165, 1.54) is 22.1 Å². The molecule has 542 valence electrons. The Kier molecular flexibility index (Phi) is 40.3. The third-order valence-corrected chi connectivity index (χ3v) is 18.0. The number of β-amino-alcohol motifs (C(OH)–C–C–N with tert-alkyl or cyclic N) is 1. The fourth-order valence-electron chi connectivity index (χ4n) is 10.7. The molecule has 2 unspecified atom stereocenters. The maximum absolute atomic E-state index is 13.8. The maximum atomic E-state index is 13.8. The molecule has 4 amide bonds. The van der Waals surface area contributed by atoms with Gasteiger partial charge in [0.2, 0.25) is 23.6 Å². The molecule has 32 nitrogen and oxygen atoms in total. The van der Waals surface area contributed by atoms with E-state index in [0.717, 1.165) is 20.0 Å². The van der Waals surface area contributed by atoms with Gasteiger partial charge in [-0.3, -0.25) is 56.2 Å². The number of fused-ring (bicyclic) bond motifs is 1. The SMILES string of the molecule is COP(=O)(O)OC[C@H]1O[C@@H](n2cnc3c(N)ncnc32)C[C@@H]1OP(=O)(O)OC[C@@H]1C[C@@H](O)CN1C(=O)CCCCCCCCC(=O)NC(COCCC(=O)CCCCN)(COCCC(=O)NCCCCC(=O)CCCCO)COCCC(=O)NCCCCC(=O)CCCCO. The number of carbonyl (C=O) groups excluding carboxylic acids is 7. The average molecular weight is 1390 g/mol. The lowest BCUT2D eigenvalue weighted by atomic mass is 10.0. The summed E-state index contributed by atoms with van der Waals surface area (Å²) in [6, 6.07) is -0.772. The number of aliphatic hydroxyl groups is 3. The molecule has 4 rings (SSSR count). The Morgan fingerprint density at radius 2 is 1.15 bits per heavy atom. The number of nitrogen functional groups attached to an aromatic ring is 1. The summed E-state index contributed by atoms with van der Waals surface area (Å²) in [7, 11) is -8.48. The number of nitrogens with zero attached hydrogens (tertiary/aromatic N) is 5. The van der Waals surface area contributed by atoms with Crippen molar-refractivity contribution in [2.24, 2.45) is 5.73 Å². The average Bonchev–Trinajstić information content (AvgIpc) is 1.64. The lowest BCUT2D eigenvalue weighted by molar-refractivity contribution is -0.133. The first-order valence-electron chi connectivity index (χ1n) is 33.4. The molecule has 2 saturated heterocycles. The van der Waals surface area contributed by atoms with Crippen LogP contribution >= 0.6 is 15.6 Å². The van der Waals surface area contributed by atoms with Crippen LogP contribution in [-0.4, -0.2) is 220 Å². The third kappa shape index (κ3) is 34.0. The second kappa shape index (κ2) is 46.4. The molecule has 0 aromatic carbocycles. The van der Waals surface area contributed by atoms with Crippen molar-refractivity contribution in [2.75, 3.05) is 105 Å². The Morgan fingerprint density at radius 3 is 1.72 bits per heavy atom. The van der Waals surface area contributed by atoms with E-state index in [-0.39, 0.29) is 162 Å². The topological polar surface area (TPSA) is 464 Å². The van der Waals surface area contributed by atoms with Crippen molar-refractivity contribution >= 4 is 73.6 Å². The van der Waals surface area contributed by atoms with Gasteiger partial charge in [0, 0.05) is 111 Å². The number of phosphoric acid groups is 2. The van der Waals surface area contributed by atoms with Gasteiger partial charge in [-0.2, -0.15) is 0 Å². The van der Waals surface area contributed by atoms with Gasteiger partial charge in [0.1, 0.15) is 53.2 Å². The number of unbranched alkanes of at least 4 members (excludes halogenated alkanes) is 10. The Balaban J connectivity index is 1.28. The molecule has 95 heavy (non-hydrogen) atoms. The van der Waals surface area contributed by atoms with Crippen LogP contribution in [0, 0.1) is 0 Å². The van der Waals surface area contributed by atoms with Crippen LogP contribution in [0.25, 0.3) is 11.2 Å². The minimum atomic E-state index is -4.93. The van der Waals surface area contributed by atoms with Crippen molar-refractivity contribution in [3.05, 3.63) is 12.7 Å². The molecule has 0 bridgehead atoms. The number of aromatic nitrogens is 4. The summed E-state index contributed by atoms with van der Waals surface area (Å²) < 4.78 is 71.9. The number of hydrogen-bond donors (Lipinski definition) is 10. The minimum absolute atomic E-state index is 0.00593. The first kappa shape index (κ1) is 82.6. The molecule has 12 N–H and O–H groups in total. The molecular weight excluding hydrogens is 1290 g/mol. The number of ether oxygens (including phenoxy) is 4. The highest BCUT2D eigenvalue weighted by atomic mass is 31.2. The van der Waals surface area contributed by atoms with Crippen molar-refractivity contribution in [2.45, 2.75) is 216 Å². The van der Waals surface area contributed by atoms with Crippen molar-refractivity contribution < 1.29 is 105 Å². The van der Waals surface area contributed by atoms with Crippen LogP contribution in [0.2, 0.25) is 0 Å². The number of aliphatic hydroxyl groups excluding tert-OH is 3. The molecule has 2 aliphatic rings. The molecule has 2 fully saturated rings. The number of anilines is 1. The summed E-state index contributed by atoms with van der Waals surface area (Å²) in [6.07, 6.45) is 10.6. The van der Waals surface area contributed by atoms with E-state index in [0.29, 0.717) is 142 Å². The van der Waals surface area contributed by atoms with E-state index in [2.05, 4.69) is 35.4 Å². The van der Waals surface area contributed by atoms with Gasteiger partial charge in [-0.15, -0.1) is 0 Å². The molecule has 4 heterocycles. The highest BCUT2D eigenvalue weighted by Crippen LogP contribution is 2.50. The molecule has 2 aromatic heterocycles. The Bertz CT molecular complexity index is 2660. The van der Waals surface area contributed by atoms with E-state index < -0.39 is 65.0 Å². The first-order chi connectivity index (χ1) is 45.6. The zero-order valence-corrected chi connectivity index (χ0v) is 57.0. The highest BCUT2D eigenvalue weighted by Gasteiger charge is 2.45. The number of Topliss-reactive ketones (excluding diaryl/α,β-unsaturated/α-hetero) is 3. The van der Waals surface area contributed by atoms with Gasteiger partial charge < -0.3 is 76.4 Å². The number of imidazole rings is 1. The number of amides is 4. The lowest BCUT2D eigenvalue weighted by Gasteiger charge is -2.34. The summed E-state index contributed by atoms with van der Waals surface area (Å²) in [5.74, 6) is -0.847. The Hall–Kier alpha value is -4.86. The summed E-state index contributed by atoms with van der Waals surface area (Å²) >= 11 is 0. The number of rotatable bonds is 57. The number of phosphoric ester groups is 2. The predicted molar refractivity (Wildman–Crippen MR) is 345 cm³/mol. The molecule has 0 aliphatic carbocycles. The zero-order chi connectivity index (χ0) is 69.3. The van der Waals surface area contributed by atoms with E-state index in [9.17, 15) is 57.6 Å². The second-order valence-corrected chi connectivity index (χ2v) is 27.1. The monoisotopic (exact) mass is 1390 g/mol. The predicted octanol–water partition coefficient (Wildman–Crippen LogP) is 3.85. The van der Waals surface area contributed by atoms with Crippen LogP contribution in [0.5, 0.6) is 0 Å². The van der Waals surface area contributed by atoms with Crippen LogP contribution in [0.1, 0.15) is 186 Å². The van der Waals surface area contributed by atoms with Crippen molar-refractivity contribution in [1.29, 1.82) is 0 Å². The van der Waals surface area contributed by atoms with Gasteiger partial charge >= 0.3 is 15.6 Å². The van der Waals surface area contributed by atoms with E-state index in [4.69, 9.17) is 54.2 Å². The van der Waals surface area contributed by atoms with Gasteiger partial charge in [0.25, 0.3) is 0 Å². The lowest BCUT2D eigenvalue weighted by Crippen LogP contribution is -2.58. The van der Waals surface area contributed by atoms with Gasteiger partial charge in [-0.1, -0.05) is 25.7 Å². The number of ketones is 3. The number of nitrogens with two attached hydrogens (primary N) is 2. The molecule has 7 atom stereocenters. The van der Waals surface area contributed by atoms with Crippen molar-refractivity contribution in [1.82, 2.24) is 40.4 Å². The van der Waals surface area contributed by atoms with E-state index >= 15 is 0 Å². The molecular formula is C61H106N10O22P2. The Morgan fingerprint density at radius 1 is 0.632 bits per heavy atom. The van der Waals surface area contributed by atoms with Gasteiger partial charge in [0.15, 0.2) is 11.5 Å². The second-order valence-electron chi connectivity index (χ2n) is 24.1. The summed E-state index contributed by atoms with van der Waals surface area (Å²) in [4.78, 5) is 124. The summed E-state index contributed by atoms with van der Waals surface area (Å²) in [5, 5.41) is 37.3. The largest absolute Gasteiger partial charge is 0.472 e. The third-order valence-electron chi connectivity index (χ3n) is 16.0. The maximum Gasteiger partial charge on any atom is 0.472 e. The van der Waals surface area contributed by atoms with Crippen LogP contribution in [0.3, 0.4) is 0 Å². The number of hydrogen-bond acceptors (Lipinski definition) is 25. The molecule has 0 radical (unpaired) electrons. The van der Waals surface area contributed by atoms with Gasteiger partial charge in [-0.05, 0) is 90.0 Å². The number of likely N-dealkylation sites (tertiary alicyclic amines) is 1. The number of nitrogens with one attached hydrogen (secondary N) is 3. The van der Waals surface area contributed by atoms with Gasteiger partial charge in [0.05, 0.1) is 71.3 Å². The molecule has 34 heteroatoms. The molecule has 0 saturated carbocycles. The van der Waals surface area contributed by atoms with E-state index in [1.807, 2.05) is 0 Å². The highest BCUT2D eigenvalue weighted by molar-refractivity contribution is 7.47. The normalized spacial score (nSPS) is 18.6. The smallest absolute Gasteiger partial charge is 0.396 e. The van der Waals surface area contributed by atoms with Crippen LogP contribution in [0.15, 0.2) is 12.7 Å². The van der Waals surface area contributed by atoms with Crippen LogP contribution in [-0.2, 0) is 79.7 Å². The van der Waals surface area contributed by atoms with Crippen molar-refractivity contribution in [3.8, 4) is 0 Å².